The van der Waals surface area contributed by atoms with Gasteiger partial charge in [-0.3, -0.25) is 0 Å². The van der Waals surface area contributed by atoms with Crippen molar-refractivity contribution in [3.8, 4) is 0 Å². The van der Waals surface area contributed by atoms with Gasteiger partial charge in [0, 0.05) is 0 Å². The van der Waals surface area contributed by atoms with Crippen molar-refractivity contribution in [3.63, 3.8) is 0 Å². The van der Waals surface area contributed by atoms with Gasteiger partial charge in [0.15, 0.2) is 0 Å². The zero-order valence-corrected chi connectivity index (χ0v) is 8.29. The van der Waals surface area contributed by atoms with Gasteiger partial charge >= 0.3 is 0 Å². The Morgan fingerprint density at radius 1 is 1.00 bits per heavy atom. The summed E-state index contributed by atoms with van der Waals surface area (Å²) < 4.78 is 0. The van der Waals surface area contributed by atoms with E-state index in [0.717, 1.165) is 14.2 Å². The van der Waals surface area contributed by atoms with Gasteiger partial charge < -0.3 is 0 Å². The molecule has 1 atom stereocenters. The van der Waals surface area contributed by atoms with Crippen molar-refractivity contribution in [2.45, 2.75) is 31.3 Å². The Labute approximate surface area is 76.2 Å². The molecule has 2 rings (SSSR count). The molecule has 0 aliphatic heterocycles. The van der Waals surface area contributed by atoms with Gasteiger partial charge in [-0.1, -0.05) is 51.8 Å². The minimum Gasteiger partial charge on any atom is -0.0872 e. The van der Waals surface area contributed by atoms with Crippen LogP contribution in [0.3, 0.4) is 0 Å². The molecule has 0 N–H and O–H groups in total. The largest absolute Gasteiger partial charge is 0.0872 e. The Balaban J connectivity index is 1.94. The molecule has 0 saturated heterocycles. The van der Waals surface area contributed by atoms with Crippen molar-refractivity contribution in [2.24, 2.45) is 0 Å². The summed E-state index contributed by atoms with van der Waals surface area (Å²) >= 11 is 0. The van der Waals surface area contributed by atoms with Gasteiger partial charge in [0.2, 0.25) is 0 Å². The lowest BCUT2D eigenvalue weighted by Crippen LogP contribution is -2.00. The van der Waals surface area contributed by atoms with Gasteiger partial charge in [-0.05, 0) is 23.8 Å². The number of rotatable bonds is 2. The normalized spacial score (nSPS) is 19.3. The molecule has 1 aliphatic rings. The summed E-state index contributed by atoms with van der Waals surface area (Å²) in [7, 11) is 1.06. The summed E-state index contributed by atoms with van der Waals surface area (Å²) in [6, 6.07) is 10.9. The van der Waals surface area contributed by atoms with Gasteiger partial charge in [0.05, 0.1) is 0 Å². The minimum absolute atomic E-state index is 1.01. The Bertz CT molecular complexity index is 224. The van der Waals surface area contributed by atoms with Crippen LogP contribution in [0.15, 0.2) is 30.3 Å². The predicted octanol–water partition coefficient (Wildman–Crippen LogP) is 2.93. The summed E-state index contributed by atoms with van der Waals surface area (Å²) in [6.07, 6.45) is 5.86. The first kappa shape index (κ1) is 8.26. The van der Waals surface area contributed by atoms with Crippen LogP contribution in [0.5, 0.6) is 0 Å². The smallest absolute Gasteiger partial charge is 0.0196 e. The Morgan fingerprint density at radius 2 is 1.67 bits per heavy atom. The fraction of sp³-hybridized carbons (Fsp3) is 0.455. The van der Waals surface area contributed by atoms with E-state index in [1.807, 2.05) is 0 Å². The first-order valence-corrected chi connectivity index (χ1v) is 5.84. The topological polar surface area (TPSA) is 0 Å². The van der Waals surface area contributed by atoms with Crippen molar-refractivity contribution in [2.75, 3.05) is 0 Å². The van der Waals surface area contributed by atoms with Gasteiger partial charge in [0.25, 0.3) is 0 Å². The maximum atomic E-state index is 2.26. The molecule has 1 aliphatic carbocycles. The van der Waals surface area contributed by atoms with E-state index < -0.39 is 0 Å². The molecule has 1 unspecified atom stereocenters. The molecule has 0 spiro atoms. The lowest BCUT2D eigenvalue weighted by atomic mass is 10.4. The first-order valence-electron chi connectivity index (χ1n) is 4.77. The van der Waals surface area contributed by atoms with E-state index in [1.54, 1.807) is 5.30 Å². The van der Waals surface area contributed by atoms with Crippen LogP contribution in [0.2, 0.25) is 0 Å². The highest BCUT2D eigenvalue weighted by Crippen LogP contribution is 2.33. The maximum Gasteiger partial charge on any atom is -0.0196 e. The monoisotopic (exact) mass is 178 g/mol. The second-order valence-electron chi connectivity index (χ2n) is 3.49. The number of benzene rings is 1. The van der Waals surface area contributed by atoms with Crippen molar-refractivity contribution >= 4 is 13.9 Å². The highest BCUT2D eigenvalue weighted by Gasteiger charge is 2.14. The molecule has 0 heterocycles. The zero-order valence-electron chi connectivity index (χ0n) is 7.29. The van der Waals surface area contributed by atoms with Crippen LogP contribution >= 0.6 is 8.58 Å². The molecule has 0 radical (unpaired) electrons. The second kappa shape index (κ2) is 4.05. The van der Waals surface area contributed by atoms with E-state index >= 15 is 0 Å². The molecule has 1 aromatic rings. The molecule has 0 amide bonds. The highest BCUT2D eigenvalue weighted by atomic mass is 31.1. The van der Waals surface area contributed by atoms with E-state index in [4.69, 9.17) is 0 Å². The van der Waals surface area contributed by atoms with Crippen LogP contribution in [-0.4, -0.2) is 5.66 Å². The molecule has 0 aromatic heterocycles. The molecule has 1 fully saturated rings. The average molecular weight is 178 g/mol. The minimum atomic E-state index is 1.01. The quantitative estimate of drug-likeness (QED) is 0.611. The van der Waals surface area contributed by atoms with Crippen molar-refractivity contribution in [1.82, 2.24) is 0 Å². The first-order chi connectivity index (χ1) is 5.95. The molecular weight excluding hydrogens is 163 g/mol. The van der Waals surface area contributed by atoms with Gasteiger partial charge in [0.1, 0.15) is 0 Å². The summed E-state index contributed by atoms with van der Waals surface area (Å²) in [5, 5.41) is 1.55. The Hall–Kier alpha value is -0.350. The summed E-state index contributed by atoms with van der Waals surface area (Å²) in [4.78, 5) is 0. The molecule has 1 saturated carbocycles. The second-order valence-corrected chi connectivity index (χ2v) is 5.17. The summed E-state index contributed by atoms with van der Waals surface area (Å²) in [6.45, 7) is 0. The van der Waals surface area contributed by atoms with Crippen molar-refractivity contribution < 1.29 is 0 Å². The van der Waals surface area contributed by atoms with Gasteiger partial charge in [-0.25, -0.2) is 0 Å². The molecule has 0 nitrogen and oxygen atoms in total. The van der Waals surface area contributed by atoms with Crippen LogP contribution < -0.4 is 5.30 Å². The van der Waals surface area contributed by atoms with E-state index in [1.165, 1.54) is 25.7 Å². The standard InChI is InChI=1S/C11H15P/c1-2-6-10(7-3-1)12-11-8-4-5-9-11/h1-3,6-7,11-12H,4-5,8-9H2. The summed E-state index contributed by atoms with van der Waals surface area (Å²) in [5.74, 6) is 0. The molecule has 1 aromatic carbocycles. The van der Waals surface area contributed by atoms with Crippen LogP contribution in [-0.2, 0) is 0 Å². The fourth-order valence-corrected chi connectivity index (χ4v) is 3.39. The third-order valence-corrected chi connectivity index (χ3v) is 4.15. The summed E-state index contributed by atoms with van der Waals surface area (Å²) in [5.41, 5.74) is 1.01. The Kier molecular flexibility index (Phi) is 2.79. The van der Waals surface area contributed by atoms with E-state index in [9.17, 15) is 0 Å². The lowest BCUT2D eigenvalue weighted by molar-refractivity contribution is 0.886. The maximum absolute atomic E-state index is 2.26. The molecule has 64 valence electrons. The van der Waals surface area contributed by atoms with E-state index in [-0.39, 0.29) is 0 Å². The van der Waals surface area contributed by atoms with E-state index in [0.29, 0.717) is 0 Å². The third-order valence-electron chi connectivity index (χ3n) is 2.50. The molecular formula is C11H15P. The Morgan fingerprint density at radius 3 is 2.33 bits per heavy atom. The number of hydrogen-bond acceptors (Lipinski definition) is 0. The van der Waals surface area contributed by atoms with Crippen LogP contribution in [0.25, 0.3) is 0 Å². The van der Waals surface area contributed by atoms with Gasteiger partial charge in [-0.2, -0.15) is 0 Å². The fourth-order valence-electron chi connectivity index (χ4n) is 1.84. The van der Waals surface area contributed by atoms with Crippen LogP contribution in [0.4, 0.5) is 0 Å². The van der Waals surface area contributed by atoms with Crippen molar-refractivity contribution in [1.29, 1.82) is 0 Å². The molecule has 12 heavy (non-hydrogen) atoms. The highest BCUT2D eigenvalue weighted by molar-refractivity contribution is 7.48. The predicted molar refractivity (Wildman–Crippen MR) is 56.6 cm³/mol. The SMILES string of the molecule is c1ccc(PC2CCCC2)cc1. The van der Waals surface area contributed by atoms with Gasteiger partial charge in [-0.15, -0.1) is 0 Å². The van der Waals surface area contributed by atoms with E-state index in [2.05, 4.69) is 30.3 Å². The van der Waals surface area contributed by atoms with Crippen molar-refractivity contribution in [3.05, 3.63) is 30.3 Å². The average Bonchev–Trinajstić information content (AvgIpc) is 2.59. The van der Waals surface area contributed by atoms with Crippen LogP contribution in [0.1, 0.15) is 25.7 Å². The number of hydrogen-bond donors (Lipinski definition) is 0. The lowest BCUT2D eigenvalue weighted by Gasteiger charge is -2.07. The molecule has 1 heteroatoms. The van der Waals surface area contributed by atoms with Crippen LogP contribution in [0, 0.1) is 0 Å². The zero-order chi connectivity index (χ0) is 8.23. The molecule has 0 bridgehead atoms. The third kappa shape index (κ3) is 2.08.